The molecule has 102 valence electrons. The fourth-order valence-electron chi connectivity index (χ4n) is 2.24. The number of aryl methyl sites for hydroxylation is 1. The lowest BCUT2D eigenvalue weighted by Gasteiger charge is -2.19. The summed E-state index contributed by atoms with van der Waals surface area (Å²) in [6.07, 6.45) is 3.91. The molecule has 2 rings (SSSR count). The van der Waals surface area contributed by atoms with E-state index in [1.165, 1.54) is 20.6 Å². The molecule has 0 saturated heterocycles. The lowest BCUT2D eigenvalue weighted by molar-refractivity contribution is 0.535. The average molecular weight is 339 g/mol. The highest BCUT2D eigenvalue weighted by Gasteiger charge is 2.16. The van der Waals surface area contributed by atoms with Crippen LogP contribution in [-0.4, -0.2) is 11.5 Å². The summed E-state index contributed by atoms with van der Waals surface area (Å²) in [6.45, 7) is 5.29. The number of hydrogen-bond acceptors (Lipinski definition) is 3. The molecule has 1 N–H and O–H groups in total. The van der Waals surface area contributed by atoms with Crippen LogP contribution in [0.5, 0.6) is 0 Å². The van der Waals surface area contributed by atoms with Gasteiger partial charge in [0.15, 0.2) is 0 Å². The molecule has 0 spiro atoms. The van der Waals surface area contributed by atoms with E-state index in [9.17, 15) is 0 Å². The smallest absolute Gasteiger partial charge is 0.0608 e. The predicted molar refractivity (Wildman–Crippen MR) is 85.8 cm³/mol. The fraction of sp³-hybridized carbons (Fsp3) is 0.400. The Bertz CT molecular complexity index is 524. The number of halogens is 1. The van der Waals surface area contributed by atoms with Crippen LogP contribution in [0.3, 0.4) is 0 Å². The van der Waals surface area contributed by atoms with Crippen molar-refractivity contribution in [3.05, 3.63) is 50.4 Å². The minimum absolute atomic E-state index is 0.298. The van der Waals surface area contributed by atoms with Gasteiger partial charge in [0.2, 0.25) is 0 Å². The van der Waals surface area contributed by atoms with Crippen LogP contribution >= 0.6 is 27.3 Å². The molecule has 1 atom stereocenters. The van der Waals surface area contributed by atoms with Gasteiger partial charge in [-0.15, -0.1) is 11.3 Å². The molecular formula is C15H19BrN2S. The maximum absolute atomic E-state index is 4.60. The zero-order chi connectivity index (χ0) is 13.7. The Hall–Kier alpha value is -0.710. The van der Waals surface area contributed by atoms with E-state index in [4.69, 9.17) is 0 Å². The number of pyridine rings is 1. The van der Waals surface area contributed by atoms with Crippen LogP contribution in [0.15, 0.2) is 34.2 Å². The maximum atomic E-state index is 4.60. The third-order valence-corrected chi connectivity index (χ3v) is 4.83. The van der Waals surface area contributed by atoms with Crippen LogP contribution in [0.25, 0.3) is 0 Å². The van der Waals surface area contributed by atoms with Gasteiger partial charge >= 0.3 is 0 Å². The average Bonchev–Trinajstić information content (AvgIpc) is 2.84. The lowest BCUT2D eigenvalue weighted by Crippen LogP contribution is -2.24. The molecule has 4 heteroatoms. The largest absolute Gasteiger partial charge is 0.309 e. The Labute approximate surface area is 127 Å². The highest BCUT2D eigenvalue weighted by molar-refractivity contribution is 9.10. The van der Waals surface area contributed by atoms with Crippen molar-refractivity contribution < 1.29 is 0 Å². The van der Waals surface area contributed by atoms with Gasteiger partial charge in [-0.25, -0.2) is 0 Å². The van der Waals surface area contributed by atoms with Gasteiger partial charge < -0.3 is 5.32 Å². The van der Waals surface area contributed by atoms with Crippen LogP contribution in [0.1, 0.15) is 36.0 Å². The van der Waals surface area contributed by atoms with Gasteiger partial charge in [0.05, 0.1) is 11.7 Å². The molecule has 0 aliphatic heterocycles. The van der Waals surface area contributed by atoms with Gasteiger partial charge in [-0.05, 0) is 46.6 Å². The summed E-state index contributed by atoms with van der Waals surface area (Å²) in [5, 5.41) is 5.70. The zero-order valence-electron chi connectivity index (χ0n) is 11.3. The van der Waals surface area contributed by atoms with Crippen LogP contribution in [0.4, 0.5) is 0 Å². The zero-order valence-corrected chi connectivity index (χ0v) is 13.7. The first-order chi connectivity index (χ1) is 9.24. The number of thiophene rings is 1. The summed E-state index contributed by atoms with van der Waals surface area (Å²) >= 11 is 5.32. The van der Waals surface area contributed by atoms with Crippen molar-refractivity contribution in [1.29, 1.82) is 0 Å². The molecule has 0 bridgehead atoms. The molecule has 0 amide bonds. The van der Waals surface area contributed by atoms with Crippen molar-refractivity contribution in [1.82, 2.24) is 10.3 Å². The second-order valence-corrected chi connectivity index (χ2v) is 6.36. The highest BCUT2D eigenvalue weighted by Crippen LogP contribution is 2.26. The molecule has 2 aromatic heterocycles. The monoisotopic (exact) mass is 338 g/mol. The SMILES string of the molecule is CCNC(Cc1cc(Br)cs1)c1ncccc1CC. The molecule has 19 heavy (non-hydrogen) atoms. The normalized spacial score (nSPS) is 12.6. The Kier molecular flexibility index (Phi) is 5.55. The molecule has 2 heterocycles. The van der Waals surface area contributed by atoms with Gasteiger partial charge in [-0.1, -0.05) is 19.9 Å². The van der Waals surface area contributed by atoms with Crippen LogP contribution < -0.4 is 5.32 Å². The van der Waals surface area contributed by atoms with Crippen molar-refractivity contribution >= 4 is 27.3 Å². The minimum Gasteiger partial charge on any atom is -0.309 e. The van der Waals surface area contributed by atoms with Gasteiger partial charge in [-0.3, -0.25) is 4.98 Å². The van der Waals surface area contributed by atoms with Crippen molar-refractivity contribution in [2.24, 2.45) is 0 Å². The molecule has 1 unspecified atom stereocenters. The predicted octanol–water partition coefficient (Wildman–Crippen LogP) is 4.36. The van der Waals surface area contributed by atoms with Gasteiger partial charge in [0, 0.05) is 27.3 Å². The number of rotatable bonds is 6. The molecule has 0 fully saturated rings. The molecule has 2 nitrogen and oxygen atoms in total. The van der Waals surface area contributed by atoms with Gasteiger partial charge in [0.1, 0.15) is 0 Å². The molecule has 2 aromatic rings. The Morgan fingerprint density at radius 3 is 2.89 bits per heavy atom. The first-order valence-corrected chi connectivity index (χ1v) is 8.32. The van der Waals surface area contributed by atoms with Crippen molar-refractivity contribution in [3.8, 4) is 0 Å². The first kappa shape index (κ1) is 14.7. The summed E-state index contributed by atoms with van der Waals surface area (Å²) in [5.41, 5.74) is 2.53. The summed E-state index contributed by atoms with van der Waals surface area (Å²) in [4.78, 5) is 5.98. The number of aromatic nitrogens is 1. The molecule has 0 aromatic carbocycles. The summed E-state index contributed by atoms with van der Waals surface area (Å²) in [7, 11) is 0. The van der Waals surface area contributed by atoms with E-state index in [2.05, 4.69) is 57.6 Å². The molecule has 0 radical (unpaired) electrons. The Balaban J connectivity index is 2.23. The van der Waals surface area contributed by atoms with Crippen molar-refractivity contribution in [2.45, 2.75) is 32.7 Å². The van der Waals surface area contributed by atoms with E-state index in [-0.39, 0.29) is 0 Å². The van der Waals surface area contributed by atoms with E-state index in [0.29, 0.717) is 6.04 Å². The second kappa shape index (κ2) is 7.17. The van der Waals surface area contributed by atoms with Crippen molar-refractivity contribution in [2.75, 3.05) is 6.54 Å². The Morgan fingerprint density at radius 2 is 2.26 bits per heavy atom. The number of nitrogens with zero attached hydrogens (tertiary/aromatic N) is 1. The van der Waals surface area contributed by atoms with E-state index < -0.39 is 0 Å². The standard InChI is InChI=1S/C15H19BrN2S/c1-3-11-6-5-7-18-15(11)14(17-4-2)9-13-8-12(16)10-19-13/h5-8,10,14,17H,3-4,9H2,1-2H3. The first-order valence-electron chi connectivity index (χ1n) is 6.64. The minimum atomic E-state index is 0.298. The summed E-state index contributed by atoms with van der Waals surface area (Å²) < 4.78 is 1.17. The Morgan fingerprint density at radius 1 is 1.42 bits per heavy atom. The van der Waals surface area contributed by atoms with Gasteiger partial charge in [0.25, 0.3) is 0 Å². The lowest BCUT2D eigenvalue weighted by atomic mass is 10.0. The summed E-state index contributed by atoms with van der Waals surface area (Å²) in [6, 6.07) is 6.69. The number of nitrogens with one attached hydrogen (secondary N) is 1. The number of likely N-dealkylation sites (N-methyl/N-ethyl adjacent to an activating group) is 1. The van der Waals surface area contributed by atoms with E-state index in [1.54, 1.807) is 11.3 Å². The number of hydrogen-bond donors (Lipinski definition) is 1. The van der Waals surface area contributed by atoms with Crippen molar-refractivity contribution in [3.63, 3.8) is 0 Å². The topological polar surface area (TPSA) is 24.9 Å². The third kappa shape index (κ3) is 3.88. The third-order valence-electron chi connectivity index (χ3n) is 3.11. The summed E-state index contributed by atoms with van der Waals surface area (Å²) in [5.74, 6) is 0. The quantitative estimate of drug-likeness (QED) is 0.846. The fourth-order valence-corrected chi connectivity index (χ4v) is 3.74. The van der Waals surface area contributed by atoms with Gasteiger partial charge in [-0.2, -0.15) is 0 Å². The van der Waals surface area contributed by atoms with E-state index >= 15 is 0 Å². The second-order valence-electron chi connectivity index (χ2n) is 4.45. The van der Waals surface area contributed by atoms with E-state index in [1.807, 2.05) is 12.3 Å². The van der Waals surface area contributed by atoms with E-state index in [0.717, 1.165) is 19.4 Å². The van der Waals surface area contributed by atoms with Crippen LogP contribution in [0, 0.1) is 0 Å². The molecule has 0 aliphatic rings. The molecular weight excluding hydrogens is 320 g/mol. The molecule has 0 saturated carbocycles. The maximum Gasteiger partial charge on any atom is 0.0608 e. The molecule has 0 aliphatic carbocycles. The highest BCUT2D eigenvalue weighted by atomic mass is 79.9. The van der Waals surface area contributed by atoms with Crippen LogP contribution in [-0.2, 0) is 12.8 Å². The van der Waals surface area contributed by atoms with Crippen LogP contribution in [0.2, 0.25) is 0 Å².